The third-order valence-electron chi connectivity index (χ3n) is 1.64. The van der Waals surface area contributed by atoms with Gasteiger partial charge in [-0.15, -0.1) is 0 Å². The van der Waals surface area contributed by atoms with Gasteiger partial charge in [-0.25, -0.2) is 4.39 Å². The van der Waals surface area contributed by atoms with Crippen molar-refractivity contribution < 1.29 is 4.39 Å². The standard InChI is InChI=1S/C8H5FINS/c9-6-1-2-7-5(3-6)4-8(11-7)12-10/h1-4,11H. The topological polar surface area (TPSA) is 15.8 Å². The van der Waals surface area contributed by atoms with Crippen molar-refractivity contribution in [3.8, 4) is 0 Å². The Morgan fingerprint density at radius 3 is 2.92 bits per heavy atom. The van der Waals surface area contributed by atoms with E-state index in [4.69, 9.17) is 0 Å². The summed E-state index contributed by atoms with van der Waals surface area (Å²) in [5.74, 6) is -0.188. The molecule has 1 nitrogen and oxygen atoms in total. The van der Waals surface area contributed by atoms with E-state index in [1.54, 1.807) is 15.0 Å². The molecule has 0 bridgehead atoms. The molecule has 2 rings (SSSR count). The summed E-state index contributed by atoms with van der Waals surface area (Å²) < 4.78 is 12.7. The summed E-state index contributed by atoms with van der Waals surface area (Å²) in [5, 5.41) is 1.98. The summed E-state index contributed by atoms with van der Waals surface area (Å²) >= 11 is 2.19. The van der Waals surface area contributed by atoms with Gasteiger partial charge in [0.05, 0.1) is 5.03 Å². The molecular formula is C8H5FINS. The zero-order chi connectivity index (χ0) is 8.55. The van der Waals surface area contributed by atoms with E-state index in [1.807, 2.05) is 6.07 Å². The van der Waals surface area contributed by atoms with Gasteiger partial charge in [0, 0.05) is 32.1 Å². The number of benzene rings is 1. The van der Waals surface area contributed by atoms with Crippen molar-refractivity contribution >= 4 is 41.0 Å². The predicted molar refractivity (Wildman–Crippen MR) is 58.1 cm³/mol. The van der Waals surface area contributed by atoms with Crippen LogP contribution in [0.1, 0.15) is 0 Å². The van der Waals surface area contributed by atoms with E-state index in [0.717, 1.165) is 15.9 Å². The Hall–Kier alpha value is -0.230. The average Bonchev–Trinajstić information content (AvgIpc) is 2.46. The van der Waals surface area contributed by atoms with Gasteiger partial charge in [0.25, 0.3) is 0 Å². The monoisotopic (exact) mass is 293 g/mol. The normalized spacial score (nSPS) is 10.8. The summed E-state index contributed by atoms with van der Waals surface area (Å²) in [6.07, 6.45) is 0. The highest BCUT2D eigenvalue weighted by molar-refractivity contribution is 14.2. The quantitative estimate of drug-likeness (QED) is 0.792. The van der Waals surface area contributed by atoms with Crippen molar-refractivity contribution in [1.82, 2.24) is 4.98 Å². The van der Waals surface area contributed by atoms with Crippen molar-refractivity contribution in [1.29, 1.82) is 0 Å². The van der Waals surface area contributed by atoms with Gasteiger partial charge in [0.15, 0.2) is 0 Å². The molecular weight excluding hydrogens is 288 g/mol. The first-order chi connectivity index (χ1) is 5.79. The molecule has 0 aliphatic rings. The molecule has 4 heteroatoms. The van der Waals surface area contributed by atoms with Crippen LogP contribution in [-0.4, -0.2) is 4.98 Å². The van der Waals surface area contributed by atoms with E-state index in [-0.39, 0.29) is 5.82 Å². The fourth-order valence-corrected chi connectivity index (χ4v) is 2.15. The number of halogens is 2. The van der Waals surface area contributed by atoms with Crippen LogP contribution in [0.15, 0.2) is 29.3 Å². The molecule has 1 heterocycles. The highest BCUT2D eigenvalue weighted by Gasteiger charge is 2.00. The number of nitrogens with one attached hydrogen (secondary N) is 1. The highest BCUT2D eigenvalue weighted by Crippen LogP contribution is 2.27. The molecule has 0 amide bonds. The third-order valence-corrected chi connectivity index (χ3v) is 3.45. The minimum absolute atomic E-state index is 0.188. The maximum Gasteiger partial charge on any atom is 0.123 e. The van der Waals surface area contributed by atoms with Gasteiger partial charge >= 0.3 is 0 Å². The van der Waals surface area contributed by atoms with Crippen LogP contribution in [0.5, 0.6) is 0 Å². The largest absolute Gasteiger partial charge is 0.349 e. The lowest BCUT2D eigenvalue weighted by molar-refractivity contribution is 0.630. The minimum atomic E-state index is -0.188. The molecule has 0 saturated heterocycles. The van der Waals surface area contributed by atoms with E-state index in [9.17, 15) is 4.39 Å². The van der Waals surface area contributed by atoms with Crippen LogP contribution >= 0.6 is 30.1 Å². The Morgan fingerprint density at radius 2 is 2.17 bits per heavy atom. The molecule has 1 aromatic carbocycles. The number of aromatic nitrogens is 1. The summed E-state index contributed by atoms with van der Waals surface area (Å²) in [6, 6.07) is 6.68. The molecule has 12 heavy (non-hydrogen) atoms. The first-order valence-corrected chi connectivity index (χ1v) is 6.72. The molecule has 0 unspecified atom stereocenters. The molecule has 0 radical (unpaired) electrons. The van der Waals surface area contributed by atoms with Crippen LogP contribution in [-0.2, 0) is 0 Å². The van der Waals surface area contributed by atoms with Gasteiger partial charge in [-0.05, 0) is 33.2 Å². The SMILES string of the molecule is Fc1ccc2[nH]c(SI)cc2c1. The predicted octanol–water partition coefficient (Wildman–Crippen LogP) is 3.75. The number of hydrogen-bond donors (Lipinski definition) is 1. The van der Waals surface area contributed by atoms with Crippen molar-refractivity contribution in [3.63, 3.8) is 0 Å². The Morgan fingerprint density at radius 1 is 1.33 bits per heavy atom. The fraction of sp³-hybridized carbons (Fsp3) is 0. The summed E-state index contributed by atoms with van der Waals surface area (Å²) in [5.41, 5.74) is 0.982. The third kappa shape index (κ3) is 1.45. The van der Waals surface area contributed by atoms with Crippen molar-refractivity contribution in [2.45, 2.75) is 5.03 Å². The second-order valence-electron chi connectivity index (χ2n) is 2.44. The first-order valence-electron chi connectivity index (χ1n) is 3.36. The zero-order valence-corrected chi connectivity index (χ0v) is 8.95. The molecule has 0 aliphatic heterocycles. The molecule has 62 valence electrons. The summed E-state index contributed by atoms with van der Waals surface area (Å²) in [6.45, 7) is 0. The Labute approximate surface area is 85.3 Å². The van der Waals surface area contributed by atoms with Crippen LogP contribution in [0.3, 0.4) is 0 Å². The first kappa shape index (κ1) is 8.37. The van der Waals surface area contributed by atoms with Crippen molar-refractivity contribution in [2.24, 2.45) is 0 Å². The number of aromatic amines is 1. The molecule has 1 N–H and O–H groups in total. The van der Waals surface area contributed by atoms with Crippen LogP contribution in [0.4, 0.5) is 4.39 Å². The van der Waals surface area contributed by atoms with Gasteiger partial charge in [0.2, 0.25) is 0 Å². The van der Waals surface area contributed by atoms with Crippen LogP contribution in [0.2, 0.25) is 0 Å². The number of hydrogen-bond acceptors (Lipinski definition) is 1. The zero-order valence-electron chi connectivity index (χ0n) is 5.97. The molecule has 0 spiro atoms. The Bertz CT molecular complexity index is 412. The van der Waals surface area contributed by atoms with Crippen molar-refractivity contribution in [3.05, 3.63) is 30.1 Å². The Balaban J connectivity index is 2.67. The van der Waals surface area contributed by atoms with E-state index < -0.39 is 0 Å². The van der Waals surface area contributed by atoms with Crippen LogP contribution in [0.25, 0.3) is 10.9 Å². The van der Waals surface area contributed by atoms with Gasteiger partial charge in [-0.1, -0.05) is 0 Å². The smallest absolute Gasteiger partial charge is 0.123 e. The molecule has 1 aromatic heterocycles. The van der Waals surface area contributed by atoms with E-state index in [1.165, 1.54) is 12.1 Å². The van der Waals surface area contributed by atoms with Gasteiger partial charge in [-0.2, -0.15) is 0 Å². The van der Waals surface area contributed by atoms with Gasteiger partial charge in [0.1, 0.15) is 5.82 Å². The lowest BCUT2D eigenvalue weighted by Crippen LogP contribution is -1.71. The second-order valence-corrected chi connectivity index (χ2v) is 4.36. The second kappa shape index (κ2) is 3.26. The molecule has 2 aromatic rings. The number of fused-ring (bicyclic) bond motifs is 1. The molecule has 0 atom stereocenters. The highest BCUT2D eigenvalue weighted by atomic mass is 127. The van der Waals surface area contributed by atoms with Crippen LogP contribution < -0.4 is 0 Å². The van der Waals surface area contributed by atoms with E-state index in [0.29, 0.717) is 0 Å². The average molecular weight is 293 g/mol. The maximum atomic E-state index is 12.7. The van der Waals surface area contributed by atoms with Crippen molar-refractivity contribution in [2.75, 3.05) is 0 Å². The lowest BCUT2D eigenvalue weighted by atomic mass is 10.2. The fourth-order valence-electron chi connectivity index (χ4n) is 1.12. The van der Waals surface area contributed by atoms with E-state index in [2.05, 4.69) is 26.2 Å². The van der Waals surface area contributed by atoms with Crippen LogP contribution in [0, 0.1) is 5.82 Å². The lowest BCUT2D eigenvalue weighted by Gasteiger charge is -1.87. The summed E-state index contributed by atoms with van der Waals surface area (Å²) in [4.78, 5) is 3.16. The molecule has 0 saturated carbocycles. The minimum Gasteiger partial charge on any atom is -0.349 e. The molecule has 0 aliphatic carbocycles. The summed E-state index contributed by atoms with van der Waals surface area (Å²) in [7, 11) is 1.59. The van der Waals surface area contributed by atoms with Gasteiger partial charge in [-0.3, -0.25) is 0 Å². The number of H-pyrrole nitrogens is 1. The number of rotatable bonds is 1. The van der Waals surface area contributed by atoms with E-state index >= 15 is 0 Å². The maximum absolute atomic E-state index is 12.7. The van der Waals surface area contributed by atoms with Gasteiger partial charge < -0.3 is 4.98 Å². The molecule has 0 fully saturated rings. The Kier molecular flexibility index (Phi) is 2.27.